The molecule has 0 aliphatic heterocycles. The van der Waals surface area contributed by atoms with Crippen LogP contribution in [0.3, 0.4) is 0 Å². The molecule has 0 bridgehead atoms. The zero-order chi connectivity index (χ0) is 13.7. The molecule has 0 amide bonds. The van der Waals surface area contributed by atoms with E-state index in [1.54, 1.807) is 12.1 Å². The largest absolute Gasteiger partial charge is 0.381 e. The van der Waals surface area contributed by atoms with Gasteiger partial charge in [0.05, 0.1) is 5.02 Å². The quantitative estimate of drug-likeness (QED) is 0.730. The molecule has 0 spiro atoms. The minimum Gasteiger partial charge on any atom is -0.381 e. The van der Waals surface area contributed by atoms with E-state index in [1.807, 2.05) is 0 Å². The summed E-state index contributed by atoms with van der Waals surface area (Å²) in [5, 5.41) is 3.57. The molecule has 106 valence electrons. The van der Waals surface area contributed by atoms with Crippen molar-refractivity contribution in [1.29, 1.82) is 0 Å². The van der Waals surface area contributed by atoms with E-state index in [0.29, 0.717) is 0 Å². The van der Waals surface area contributed by atoms with E-state index in [4.69, 9.17) is 16.3 Å². The number of benzene rings is 1. The number of halogens is 2. The topological polar surface area (TPSA) is 21.3 Å². The zero-order valence-corrected chi connectivity index (χ0v) is 12.0. The Morgan fingerprint density at radius 3 is 2.95 bits per heavy atom. The lowest BCUT2D eigenvalue weighted by atomic mass is 10.1. The molecule has 1 aromatic carbocycles. The van der Waals surface area contributed by atoms with Crippen LogP contribution in [0.15, 0.2) is 18.2 Å². The maximum absolute atomic E-state index is 13.1. The molecule has 1 N–H and O–H groups in total. The fourth-order valence-corrected chi connectivity index (χ4v) is 2.12. The summed E-state index contributed by atoms with van der Waals surface area (Å²) < 4.78 is 18.6. The number of hydrogen-bond acceptors (Lipinski definition) is 2. The Kier molecular flexibility index (Phi) is 5.61. The summed E-state index contributed by atoms with van der Waals surface area (Å²) in [6.45, 7) is 4.67. The standard InChI is InChI=1S/C15H21ClFNO/c1-11(13-5-6-15(17)14(16)9-13)18-7-2-8-19-10-12-3-4-12/h5-6,9,11-12,18H,2-4,7-8,10H2,1H3. The molecular formula is C15H21ClFNO. The summed E-state index contributed by atoms with van der Waals surface area (Å²) in [5.74, 6) is 0.458. The Labute approximate surface area is 119 Å². The van der Waals surface area contributed by atoms with Gasteiger partial charge in [-0.3, -0.25) is 0 Å². The molecule has 1 aromatic rings. The average Bonchev–Trinajstić information content (AvgIpc) is 3.20. The summed E-state index contributed by atoms with van der Waals surface area (Å²) in [6.07, 6.45) is 3.66. The van der Waals surface area contributed by atoms with E-state index in [2.05, 4.69) is 12.2 Å². The molecule has 1 saturated carbocycles. The van der Waals surface area contributed by atoms with Gasteiger partial charge in [-0.05, 0) is 56.3 Å². The predicted molar refractivity (Wildman–Crippen MR) is 76.0 cm³/mol. The highest BCUT2D eigenvalue weighted by Crippen LogP contribution is 2.28. The highest BCUT2D eigenvalue weighted by Gasteiger charge is 2.20. The monoisotopic (exact) mass is 285 g/mol. The lowest BCUT2D eigenvalue weighted by Gasteiger charge is -2.14. The predicted octanol–water partition coefficient (Wildman–Crippen LogP) is 3.95. The molecule has 4 heteroatoms. The van der Waals surface area contributed by atoms with Crippen molar-refractivity contribution in [3.8, 4) is 0 Å². The Morgan fingerprint density at radius 1 is 1.47 bits per heavy atom. The van der Waals surface area contributed by atoms with Crippen LogP contribution in [0.4, 0.5) is 4.39 Å². The molecule has 0 heterocycles. The first kappa shape index (κ1) is 14.8. The molecule has 0 radical (unpaired) electrons. The van der Waals surface area contributed by atoms with Crippen LogP contribution in [0.2, 0.25) is 5.02 Å². The maximum atomic E-state index is 13.1. The van der Waals surface area contributed by atoms with Gasteiger partial charge in [-0.1, -0.05) is 17.7 Å². The summed E-state index contributed by atoms with van der Waals surface area (Å²) >= 11 is 5.77. The Balaban J connectivity index is 1.62. The fourth-order valence-electron chi connectivity index (χ4n) is 1.93. The minimum atomic E-state index is -0.369. The van der Waals surface area contributed by atoms with Gasteiger partial charge in [0, 0.05) is 19.3 Å². The maximum Gasteiger partial charge on any atom is 0.141 e. The van der Waals surface area contributed by atoms with Crippen LogP contribution in [0.5, 0.6) is 0 Å². The van der Waals surface area contributed by atoms with Gasteiger partial charge in [-0.25, -0.2) is 4.39 Å². The first-order valence-electron chi connectivity index (χ1n) is 6.93. The highest BCUT2D eigenvalue weighted by molar-refractivity contribution is 6.30. The van der Waals surface area contributed by atoms with Gasteiger partial charge >= 0.3 is 0 Å². The second-order valence-electron chi connectivity index (χ2n) is 5.22. The number of nitrogens with one attached hydrogen (secondary N) is 1. The molecule has 2 nitrogen and oxygen atoms in total. The molecule has 2 rings (SSSR count). The van der Waals surface area contributed by atoms with E-state index in [0.717, 1.165) is 37.7 Å². The van der Waals surface area contributed by atoms with Gasteiger partial charge in [0.15, 0.2) is 0 Å². The zero-order valence-electron chi connectivity index (χ0n) is 11.3. The van der Waals surface area contributed by atoms with Crippen LogP contribution in [-0.4, -0.2) is 19.8 Å². The van der Waals surface area contributed by atoms with Gasteiger partial charge < -0.3 is 10.1 Å². The molecule has 1 aliphatic carbocycles. The number of hydrogen-bond donors (Lipinski definition) is 1. The van der Waals surface area contributed by atoms with Crippen LogP contribution in [0, 0.1) is 11.7 Å². The lowest BCUT2D eigenvalue weighted by Crippen LogP contribution is -2.21. The third kappa shape index (κ3) is 5.09. The van der Waals surface area contributed by atoms with E-state index in [1.165, 1.54) is 18.9 Å². The van der Waals surface area contributed by atoms with E-state index in [-0.39, 0.29) is 16.9 Å². The molecule has 0 aromatic heterocycles. The van der Waals surface area contributed by atoms with Crippen molar-refractivity contribution in [3.05, 3.63) is 34.6 Å². The Hall–Kier alpha value is -0.640. The van der Waals surface area contributed by atoms with Crippen molar-refractivity contribution in [3.63, 3.8) is 0 Å². The van der Waals surface area contributed by atoms with Crippen LogP contribution in [0.1, 0.15) is 37.8 Å². The number of ether oxygens (including phenoxy) is 1. The first-order valence-corrected chi connectivity index (χ1v) is 7.30. The van der Waals surface area contributed by atoms with Crippen molar-refractivity contribution in [2.45, 2.75) is 32.2 Å². The summed E-state index contributed by atoms with van der Waals surface area (Å²) in [5.41, 5.74) is 1.00. The fraction of sp³-hybridized carbons (Fsp3) is 0.600. The second kappa shape index (κ2) is 7.22. The SMILES string of the molecule is CC(NCCCOCC1CC1)c1ccc(F)c(Cl)c1. The van der Waals surface area contributed by atoms with E-state index in [9.17, 15) is 4.39 Å². The molecule has 1 aliphatic rings. The van der Waals surface area contributed by atoms with Crippen molar-refractivity contribution in [2.24, 2.45) is 5.92 Å². The second-order valence-corrected chi connectivity index (χ2v) is 5.63. The third-order valence-corrected chi connectivity index (χ3v) is 3.70. The van der Waals surface area contributed by atoms with Gasteiger partial charge in [0.2, 0.25) is 0 Å². The molecule has 1 atom stereocenters. The van der Waals surface area contributed by atoms with Crippen LogP contribution < -0.4 is 5.32 Å². The average molecular weight is 286 g/mol. The highest BCUT2D eigenvalue weighted by atomic mass is 35.5. The molecule has 1 unspecified atom stereocenters. The van der Waals surface area contributed by atoms with E-state index < -0.39 is 0 Å². The van der Waals surface area contributed by atoms with Crippen LogP contribution >= 0.6 is 11.6 Å². The Bertz CT molecular complexity index is 409. The Morgan fingerprint density at radius 2 is 2.26 bits per heavy atom. The first-order chi connectivity index (χ1) is 9.16. The van der Waals surface area contributed by atoms with E-state index >= 15 is 0 Å². The van der Waals surface area contributed by atoms with Gasteiger partial charge in [-0.2, -0.15) is 0 Å². The van der Waals surface area contributed by atoms with Crippen LogP contribution in [0.25, 0.3) is 0 Å². The summed E-state index contributed by atoms with van der Waals surface area (Å²) in [7, 11) is 0. The van der Waals surface area contributed by atoms with Gasteiger partial charge in [-0.15, -0.1) is 0 Å². The molecular weight excluding hydrogens is 265 g/mol. The summed E-state index contributed by atoms with van der Waals surface area (Å²) in [4.78, 5) is 0. The number of rotatable bonds is 8. The molecule has 19 heavy (non-hydrogen) atoms. The normalized spacial score (nSPS) is 16.6. The van der Waals surface area contributed by atoms with Crippen molar-refractivity contribution in [2.75, 3.05) is 19.8 Å². The van der Waals surface area contributed by atoms with Crippen molar-refractivity contribution >= 4 is 11.6 Å². The van der Waals surface area contributed by atoms with Gasteiger partial charge in [0.1, 0.15) is 5.82 Å². The van der Waals surface area contributed by atoms with Crippen LogP contribution in [-0.2, 0) is 4.74 Å². The lowest BCUT2D eigenvalue weighted by molar-refractivity contribution is 0.121. The molecule has 1 fully saturated rings. The van der Waals surface area contributed by atoms with Gasteiger partial charge in [0.25, 0.3) is 0 Å². The summed E-state index contributed by atoms with van der Waals surface area (Å²) in [6, 6.07) is 5.02. The smallest absolute Gasteiger partial charge is 0.141 e. The van der Waals surface area contributed by atoms with Crippen molar-refractivity contribution < 1.29 is 9.13 Å². The minimum absolute atomic E-state index is 0.168. The third-order valence-electron chi connectivity index (χ3n) is 3.41. The molecule has 0 saturated heterocycles. The van der Waals surface area contributed by atoms with Crippen molar-refractivity contribution in [1.82, 2.24) is 5.32 Å².